The molecule has 0 fully saturated rings. The number of carbonyl (C=O) groups excluding carboxylic acids is 1. The zero-order valence-corrected chi connectivity index (χ0v) is 16.1. The summed E-state index contributed by atoms with van der Waals surface area (Å²) in [6.45, 7) is -1.07. The second-order valence-electron chi connectivity index (χ2n) is 6.66. The molecule has 0 radical (unpaired) electrons. The van der Waals surface area contributed by atoms with Crippen molar-refractivity contribution in [2.24, 2.45) is 0 Å². The van der Waals surface area contributed by atoms with E-state index in [1.54, 1.807) is 42.5 Å². The van der Waals surface area contributed by atoms with Gasteiger partial charge in [-0.25, -0.2) is 14.5 Å². The molecule has 154 valence electrons. The maximum atomic E-state index is 13.6. The summed E-state index contributed by atoms with van der Waals surface area (Å²) in [4.78, 5) is 29.5. The van der Waals surface area contributed by atoms with Gasteiger partial charge >= 0.3 is 12.5 Å². The van der Waals surface area contributed by atoms with Crippen LogP contribution in [0.15, 0.2) is 53.3 Å². The molecule has 0 amide bonds. The van der Waals surface area contributed by atoms with Crippen molar-refractivity contribution in [1.29, 1.82) is 0 Å². The van der Waals surface area contributed by atoms with Crippen molar-refractivity contribution in [2.75, 3.05) is 0 Å². The van der Waals surface area contributed by atoms with Crippen molar-refractivity contribution in [3.63, 3.8) is 0 Å². The summed E-state index contributed by atoms with van der Waals surface area (Å²) in [6.07, 6.45) is 0.651. The van der Waals surface area contributed by atoms with Gasteiger partial charge in [-0.05, 0) is 24.6 Å². The van der Waals surface area contributed by atoms with E-state index in [0.717, 1.165) is 4.57 Å². The molecule has 2 aromatic heterocycles. The van der Waals surface area contributed by atoms with Crippen LogP contribution in [0.4, 0.5) is 8.78 Å². The Bertz CT molecular complexity index is 1300. The number of nitrogens with zero attached hydrogens (tertiary/aromatic N) is 4. The van der Waals surface area contributed by atoms with Crippen LogP contribution in [0, 0.1) is 0 Å². The summed E-state index contributed by atoms with van der Waals surface area (Å²) >= 11 is 0. The number of esters is 1. The van der Waals surface area contributed by atoms with Gasteiger partial charge in [0, 0.05) is 11.9 Å². The van der Waals surface area contributed by atoms with E-state index in [1.807, 2.05) is 6.92 Å². The number of hydrogen-bond donors (Lipinski definition) is 0. The van der Waals surface area contributed by atoms with Gasteiger partial charge in [0.15, 0.2) is 11.5 Å². The van der Waals surface area contributed by atoms with Gasteiger partial charge in [0.05, 0.1) is 16.4 Å². The molecular formula is C21H18F2N4O3. The summed E-state index contributed by atoms with van der Waals surface area (Å²) in [6, 6.07) is 13.0. The fourth-order valence-electron chi connectivity index (χ4n) is 3.36. The molecule has 0 saturated carbocycles. The normalized spacial score (nSPS) is 11.5. The number of alkyl halides is 2. The van der Waals surface area contributed by atoms with Gasteiger partial charge in [0.1, 0.15) is 6.61 Å². The summed E-state index contributed by atoms with van der Waals surface area (Å²) < 4.78 is 34.3. The number of aromatic nitrogens is 4. The second-order valence-corrected chi connectivity index (χ2v) is 6.66. The van der Waals surface area contributed by atoms with Crippen LogP contribution in [0.2, 0.25) is 0 Å². The predicted molar refractivity (Wildman–Crippen MR) is 106 cm³/mol. The van der Waals surface area contributed by atoms with Crippen LogP contribution in [0.5, 0.6) is 0 Å². The van der Waals surface area contributed by atoms with Crippen LogP contribution in [-0.4, -0.2) is 25.3 Å². The fraction of sp³-hybridized carbons (Fsp3) is 0.238. The Morgan fingerprint density at radius 1 is 1.10 bits per heavy atom. The molecule has 4 rings (SSSR count). The number of hydrogen-bond acceptors (Lipinski definition) is 5. The van der Waals surface area contributed by atoms with E-state index in [-0.39, 0.29) is 22.6 Å². The third-order valence-electron chi connectivity index (χ3n) is 4.69. The standard InChI is InChI=1S/C21H18F2N4O3/c1-2-11-26-19(28)14-8-4-3-7-13(14)18(25-26)20(29)30-12-17-24-15-9-5-6-10-16(15)27(17)21(22)23/h3-10,21H,2,11-12H2,1H3. The van der Waals surface area contributed by atoms with Crippen molar-refractivity contribution in [2.45, 2.75) is 33.0 Å². The first kappa shape index (κ1) is 19.7. The van der Waals surface area contributed by atoms with Crippen LogP contribution >= 0.6 is 0 Å². The van der Waals surface area contributed by atoms with Gasteiger partial charge in [-0.3, -0.25) is 9.36 Å². The van der Waals surface area contributed by atoms with Gasteiger partial charge in [-0.1, -0.05) is 37.3 Å². The van der Waals surface area contributed by atoms with Crippen molar-refractivity contribution in [3.05, 3.63) is 70.4 Å². The quantitative estimate of drug-likeness (QED) is 0.449. The molecule has 2 aromatic carbocycles. The Morgan fingerprint density at radius 3 is 2.53 bits per heavy atom. The molecule has 2 heterocycles. The number of fused-ring (bicyclic) bond motifs is 2. The lowest BCUT2D eigenvalue weighted by Gasteiger charge is -2.11. The highest BCUT2D eigenvalue weighted by Crippen LogP contribution is 2.24. The number of imidazole rings is 1. The number of benzene rings is 2. The lowest BCUT2D eigenvalue weighted by atomic mass is 10.1. The van der Waals surface area contributed by atoms with E-state index in [9.17, 15) is 18.4 Å². The molecule has 0 spiro atoms. The lowest BCUT2D eigenvalue weighted by molar-refractivity contribution is 0.0381. The van der Waals surface area contributed by atoms with Crippen LogP contribution in [0.25, 0.3) is 21.8 Å². The van der Waals surface area contributed by atoms with Gasteiger partial charge < -0.3 is 4.74 Å². The second kappa shape index (κ2) is 8.02. The zero-order chi connectivity index (χ0) is 21.3. The summed E-state index contributed by atoms with van der Waals surface area (Å²) in [5.74, 6) is -0.894. The monoisotopic (exact) mass is 412 g/mol. The minimum atomic E-state index is -2.84. The molecule has 0 aliphatic rings. The first-order valence-corrected chi connectivity index (χ1v) is 9.42. The largest absolute Gasteiger partial charge is 0.453 e. The average Bonchev–Trinajstić information content (AvgIpc) is 3.13. The maximum Gasteiger partial charge on any atom is 0.359 e. The molecule has 0 aliphatic carbocycles. The zero-order valence-electron chi connectivity index (χ0n) is 16.1. The molecular weight excluding hydrogens is 394 g/mol. The molecule has 0 atom stereocenters. The average molecular weight is 412 g/mol. The molecule has 0 unspecified atom stereocenters. The lowest BCUT2D eigenvalue weighted by Crippen LogP contribution is -2.26. The van der Waals surface area contributed by atoms with Crippen molar-refractivity contribution in [1.82, 2.24) is 19.3 Å². The Labute approximate surface area is 169 Å². The Balaban J connectivity index is 1.70. The van der Waals surface area contributed by atoms with E-state index < -0.39 is 19.1 Å². The number of carbonyl (C=O) groups is 1. The molecule has 0 saturated heterocycles. The highest BCUT2D eigenvalue weighted by atomic mass is 19.3. The highest BCUT2D eigenvalue weighted by Gasteiger charge is 2.21. The minimum absolute atomic E-state index is 0.0432. The predicted octanol–water partition coefficient (Wildman–Crippen LogP) is 3.91. The van der Waals surface area contributed by atoms with Crippen LogP contribution in [0.1, 0.15) is 36.2 Å². The number of aryl methyl sites for hydroxylation is 1. The molecule has 9 heteroatoms. The Morgan fingerprint density at radius 2 is 1.80 bits per heavy atom. The third kappa shape index (κ3) is 3.42. The highest BCUT2D eigenvalue weighted by molar-refractivity contribution is 6.02. The van der Waals surface area contributed by atoms with Gasteiger partial charge in [0.25, 0.3) is 5.56 Å². The van der Waals surface area contributed by atoms with Crippen molar-refractivity contribution >= 4 is 27.8 Å². The van der Waals surface area contributed by atoms with Crippen molar-refractivity contribution in [3.8, 4) is 0 Å². The number of halogens is 2. The van der Waals surface area contributed by atoms with Crippen LogP contribution < -0.4 is 5.56 Å². The Kier molecular flexibility index (Phi) is 5.26. The third-order valence-corrected chi connectivity index (χ3v) is 4.69. The SMILES string of the molecule is CCCn1nc(C(=O)OCc2nc3ccccc3n2C(F)F)c2ccccc2c1=O. The van der Waals surface area contributed by atoms with Crippen molar-refractivity contribution < 1.29 is 18.3 Å². The number of ether oxygens (including phenoxy) is 1. The van der Waals surface area contributed by atoms with Gasteiger partial charge in [-0.15, -0.1) is 0 Å². The first-order chi connectivity index (χ1) is 14.5. The van der Waals surface area contributed by atoms with Crippen LogP contribution in [0.3, 0.4) is 0 Å². The molecule has 0 N–H and O–H groups in total. The smallest absolute Gasteiger partial charge is 0.359 e. The molecule has 4 aromatic rings. The van der Waals surface area contributed by atoms with E-state index in [0.29, 0.717) is 29.3 Å². The molecule has 0 bridgehead atoms. The Hall–Kier alpha value is -3.62. The summed E-state index contributed by atoms with van der Waals surface area (Å²) in [5, 5.41) is 4.85. The van der Waals surface area contributed by atoms with E-state index in [2.05, 4.69) is 10.1 Å². The topological polar surface area (TPSA) is 79.0 Å². The van der Waals surface area contributed by atoms with E-state index >= 15 is 0 Å². The summed E-state index contributed by atoms with van der Waals surface area (Å²) in [7, 11) is 0. The van der Waals surface area contributed by atoms with Crippen LogP contribution in [-0.2, 0) is 17.9 Å². The van der Waals surface area contributed by atoms with E-state index in [1.165, 1.54) is 10.7 Å². The van der Waals surface area contributed by atoms with Gasteiger partial charge in [0.2, 0.25) is 0 Å². The molecule has 7 nitrogen and oxygen atoms in total. The number of para-hydroxylation sites is 2. The minimum Gasteiger partial charge on any atom is -0.453 e. The van der Waals surface area contributed by atoms with E-state index in [4.69, 9.17) is 4.74 Å². The fourth-order valence-corrected chi connectivity index (χ4v) is 3.36. The maximum absolute atomic E-state index is 13.6. The van der Waals surface area contributed by atoms with Gasteiger partial charge in [-0.2, -0.15) is 13.9 Å². The molecule has 30 heavy (non-hydrogen) atoms. The number of rotatable bonds is 6. The first-order valence-electron chi connectivity index (χ1n) is 9.42. The molecule has 0 aliphatic heterocycles. The summed E-state index contributed by atoms with van der Waals surface area (Å²) in [5.41, 5.74) is 0.282.